The second kappa shape index (κ2) is 6.89. The lowest BCUT2D eigenvalue weighted by Crippen LogP contribution is -2.23. The highest BCUT2D eigenvalue weighted by atomic mass is 16.4. The second-order valence-corrected chi connectivity index (χ2v) is 4.13. The third kappa shape index (κ3) is 4.43. The largest absolute Gasteiger partial charge is 0.481 e. The van der Waals surface area contributed by atoms with E-state index in [1.165, 1.54) is 0 Å². The molecule has 0 spiro atoms. The molecule has 1 aromatic heterocycles. The Morgan fingerprint density at radius 1 is 1.41 bits per heavy atom. The zero-order valence-electron chi connectivity index (χ0n) is 10.2. The fourth-order valence-electron chi connectivity index (χ4n) is 1.73. The lowest BCUT2D eigenvalue weighted by molar-refractivity contribution is -0.136. The molecular weight excluding hydrogens is 218 g/mol. The van der Waals surface area contributed by atoms with Crippen molar-refractivity contribution in [3.63, 3.8) is 0 Å². The van der Waals surface area contributed by atoms with Gasteiger partial charge in [0.15, 0.2) is 0 Å². The SMILES string of the molecule is CCCCCn1cccc(CCC(=O)O)c1=O. The minimum atomic E-state index is -0.870. The van der Waals surface area contributed by atoms with E-state index in [4.69, 9.17) is 5.11 Å². The molecule has 0 unspecified atom stereocenters. The summed E-state index contributed by atoms with van der Waals surface area (Å²) in [6.07, 6.45) is 5.29. The number of aromatic nitrogens is 1. The number of aryl methyl sites for hydroxylation is 2. The summed E-state index contributed by atoms with van der Waals surface area (Å²) in [5.74, 6) is -0.870. The van der Waals surface area contributed by atoms with E-state index in [1.54, 1.807) is 16.8 Å². The van der Waals surface area contributed by atoms with Gasteiger partial charge in [-0.05, 0) is 18.9 Å². The number of hydrogen-bond donors (Lipinski definition) is 1. The predicted molar refractivity (Wildman–Crippen MR) is 66.2 cm³/mol. The molecule has 0 bridgehead atoms. The highest BCUT2D eigenvalue weighted by molar-refractivity contribution is 5.67. The summed E-state index contributed by atoms with van der Waals surface area (Å²) >= 11 is 0. The third-order valence-electron chi connectivity index (χ3n) is 2.71. The van der Waals surface area contributed by atoms with Gasteiger partial charge in [-0.3, -0.25) is 9.59 Å². The predicted octanol–water partition coefficient (Wildman–Crippen LogP) is 2.06. The van der Waals surface area contributed by atoms with Gasteiger partial charge in [-0.2, -0.15) is 0 Å². The molecule has 0 aliphatic carbocycles. The molecule has 0 amide bonds. The highest BCUT2D eigenvalue weighted by Crippen LogP contribution is 2.00. The van der Waals surface area contributed by atoms with Gasteiger partial charge in [-0.25, -0.2) is 0 Å². The first-order valence-electron chi connectivity index (χ1n) is 6.05. The first-order chi connectivity index (χ1) is 8.15. The number of aliphatic carboxylic acids is 1. The molecular formula is C13H19NO3. The van der Waals surface area contributed by atoms with E-state index in [2.05, 4.69) is 6.92 Å². The molecule has 0 saturated heterocycles. The molecule has 94 valence electrons. The standard InChI is InChI=1S/C13H19NO3/c1-2-3-4-9-14-10-5-6-11(13(14)17)7-8-12(15)16/h5-6,10H,2-4,7-9H2,1H3,(H,15,16). The van der Waals surface area contributed by atoms with Crippen molar-refractivity contribution in [3.05, 3.63) is 34.2 Å². The van der Waals surface area contributed by atoms with Gasteiger partial charge in [0.25, 0.3) is 5.56 Å². The van der Waals surface area contributed by atoms with E-state index in [1.807, 2.05) is 6.07 Å². The fraction of sp³-hybridized carbons (Fsp3) is 0.538. The maximum absolute atomic E-state index is 11.9. The Kier molecular flexibility index (Phi) is 5.46. The smallest absolute Gasteiger partial charge is 0.303 e. The van der Waals surface area contributed by atoms with E-state index in [0.29, 0.717) is 18.5 Å². The van der Waals surface area contributed by atoms with Gasteiger partial charge in [0.05, 0.1) is 0 Å². The van der Waals surface area contributed by atoms with Crippen LogP contribution >= 0.6 is 0 Å². The molecule has 0 radical (unpaired) electrons. The number of carboxylic acid groups (broad SMARTS) is 1. The molecule has 0 aliphatic rings. The molecule has 1 rings (SSSR count). The van der Waals surface area contributed by atoms with Crippen molar-refractivity contribution < 1.29 is 9.90 Å². The summed E-state index contributed by atoms with van der Waals surface area (Å²) in [5, 5.41) is 8.60. The average molecular weight is 237 g/mol. The molecule has 1 heterocycles. The van der Waals surface area contributed by atoms with Crippen LogP contribution in [0.5, 0.6) is 0 Å². The van der Waals surface area contributed by atoms with Crippen LogP contribution in [0.2, 0.25) is 0 Å². The Bertz CT molecular complexity index is 423. The van der Waals surface area contributed by atoms with E-state index in [-0.39, 0.29) is 12.0 Å². The van der Waals surface area contributed by atoms with E-state index < -0.39 is 5.97 Å². The normalized spacial score (nSPS) is 10.4. The van der Waals surface area contributed by atoms with E-state index in [0.717, 1.165) is 19.3 Å². The number of rotatable bonds is 7. The quantitative estimate of drug-likeness (QED) is 0.738. The zero-order valence-corrected chi connectivity index (χ0v) is 10.2. The second-order valence-electron chi connectivity index (χ2n) is 4.13. The van der Waals surface area contributed by atoms with Crippen LogP contribution in [0.15, 0.2) is 23.1 Å². The minimum Gasteiger partial charge on any atom is -0.481 e. The lowest BCUT2D eigenvalue weighted by Gasteiger charge is -2.07. The van der Waals surface area contributed by atoms with Gasteiger partial charge in [-0.1, -0.05) is 25.8 Å². The summed E-state index contributed by atoms with van der Waals surface area (Å²) in [6.45, 7) is 2.83. The van der Waals surface area contributed by atoms with Crippen LogP contribution in [0, 0.1) is 0 Å². The first-order valence-corrected chi connectivity index (χ1v) is 6.05. The summed E-state index contributed by atoms with van der Waals surface area (Å²) in [7, 11) is 0. The molecule has 1 N–H and O–H groups in total. The van der Waals surface area contributed by atoms with Crippen molar-refractivity contribution in [1.82, 2.24) is 4.57 Å². The van der Waals surface area contributed by atoms with Crippen molar-refractivity contribution in [2.75, 3.05) is 0 Å². The number of hydrogen-bond acceptors (Lipinski definition) is 2. The van der Waals surface area contributed by atoms with Gasteiger partial charge >= 0.3 is 5.97 Å². The van der Waals surface area contributed by atoms with Gasteiger partial charge in [0.1, 0.15) is 0 Å². The number of carbonyl (C=O) groups is 1. The van der Waals surface area contributed by atoms with Crippen LogP contribution in [0.3, 0.4) is 0 Å². The number of nitrogens with zero attached hydrogens (tertiary/aromatic N) is 1. The van der Waals surface area contributed by atoms with Gasteiger partial charge < -0.3 is 9.67 Å². The molecule has 0 aliphatic heterocycles. The van der Waals surface area contributed by atoms with E-state index >= 15 is 0 Å². The number of unbranched alkanes of at least 4 members (excludes halogenated alkanes) is 2. The van der Waals surface area contributed by atoms with Crippen LogP contribution in [0.1, 0.15) is 38.2 Å². The molecule has 4 heteroatoms. The Hall–Kier alpha value is -1.58. The highest BCUT2D eigenvalue weighted by Gasteiger charge is 2.05. The van der Waals surface area contributed by atoms with Crippen LogP contribution in [0.25, 0.3) is 0 Å². The van der Waals surface area contributed by atoms with Gasteiger partial charge in [0, 0.05) is 24.7 Å². The maximum Gasteiger partial charge on any atom is 0.303 e. The summed E-state index contributed by atoms with van der Waals surface area (Å²) < 4.78 is 1.67. The minimum absolute atomic E-state index is 0.00815. The third-order valence-corrected chi connectivity index (χ3v) is 2.71. The summed E-state index contributed by atoms with van der Waals surface area (Å²) in [5.41, 5.74) is 0.538. The number of carboxylic acids is 1. The van der Waals surface area contributed by atoms with Crippen molar-refractivity contribution in [2.24, 2.45) is 0 Å². The average Bonchev–Trinajstić information content (AvgIpc) is 2.30. The molecule has 0 aromatic carbocycles. The van der Waals surface area contributed by atoms with Crippen LogP contribution < -0.4 is 5.56 Å². The Balaban J connectivity index is 2.69. The molecule has 0 saturated carbocycles. The van der Waals surface area contributed by atoms with Crippen LogP contribution in [-0.4, -0.2) is 15.6 Å². The van der Waals surface area contributed by atoms with E-state index in [9.17, 15) is 9.59 Å². The molecule has 17 heavy (non-hydrogen) atoms. The molecule has 4 nitrogen and oxygen atoms in total. The summed E-state index contributed by atoms with van der Waals surface area (Å²) in [4.78, 5) is 22.4. The van der Waals surface area contributed by atoms with Crippen molar-refractivity contribution in [3.8, 4) is 0 Å². The van der Waals surface area contributed by atoms with Gasteiger partial charge in [0.2, 0.25) is 0 Å². The first kappa shape index (κ1) is 13.5. The Morgan fingerprint density at radius 2 is 2.18 bits per heavy atom. The van der Waals surface area contributed by atoms with Crippen LogP contribution in [0.4, 0.5) is 0 Å². The van der Waals surface area contributed by atoms with Crippen LogP contribution in [-0.2, 0) is 17.8 Å². The van der Waals surface area contributed by atoms with Crippen molar-refractivity contribution >= 4 is 5.97 Å². The van der Waals surface area contributed by atoms with Crippen molar-refractivity contribution in [1.29, 1.82) is 0 Å². The molecule has 0 atom stereocenters. The Morgan fingerprint density at radius 3 is 2.82 bits per heavy atom. The zero-order chi connectivity index (χ0) is 12.7. The fourth-order valence-corrected chi connectivity index (χ4v) is 1.73. The maximum atomic E-state index is 11.9. The van der Waals surface area contributed by atoms with Crippen molar-refractivity contribution in [2.45, 2.75) is 45.6 Å². The molecule has 0 fully saturated rings. The molecule has 1 aromatic rings. The summed E-state index contributed by atoms with van der Waals surface area (Å²) in [6, 6.07) is 3.52. The monoisotopic (exact) mass is 237 g/mol. The Labute approximate surface area is 101 Å². The lowest BCUT2D eigenvalue weighted by atomic mass is 10.1. The van der Waals surface area contributed by atoms with Gasteiger partial charge in [-0.15, -0.1) is 0 Å². The number of pyridine rings is 1. The topological polar surface area (TPSA) is 59.3 Å².